The lowest BCUT2D eigenvalue weighted by molar-refractivity contribution is -0.130. The molecule has 0 aliphatic heterocycles. The summed E-state index contributed by atoms with van der Waals surface area (Å²) in [5.74, 6) is -0.367. The third-order valence-corrected chi connectivity index (χ3v) is 5.74. The molecule has 34 heavy (non-hydrogen) atoms. The highest BCUT2D eigenvalue weighted by Crippen LogP contribution is 2.30. The number of carboxylic acids is 1. The Morgan fingerprint density at radius 1 is 1.03 bits per heavy atom. The van der Waals surface area contributed by atoms with Crippen LogP contribution in [0.15, 0.2) is 84.5 Å². The molecule has 3 aromatic rings. The zero-order chi connectivity index (χ0) is 24.8. The van der Waals surface area contributed by atoms with Crippen molar-refractivity contribution in [1.29, 1.82) is 0 Å². The molecule has 5 nitrogen and oxygen atoms in total. The smallest absolute Gasteiger partial charge is 0.336 e. The van der Waals surface area contributed by atoms with E-state index in [9.17, 15) is 9.90 Å². The third-order valence-electron chi connectivity index (χ3n) is 5.06. The molecule has 0 bridgehead atoms. The number of aryl methyl sites for hydroxylation is 1. The van der Waals surface area contributed by atoms with Gasteiger partial charge in [-0.15, -0.1) is 0 Å². The molecule has 0 amide bonds. The average Bonchev–Trinajstić information content (AvgIpc) is 2.83. The van der Waals surface area contributed by atoms with Crippen molar-refractivity contribution in [2.75, 3.05) is 12.1 Å². The van der Waals surface area contributed by atoms with Gasteiger partial charge in [-0.2, -0.15) is 5.10 Å². The molecule has 0 atom stereocenters. The minimum atomic E-state index is -1.07. The highest BCUT2D eigenvalue weighted by molar-refractivity contribution is 6.31. The van der Waals surface area contributed by atoms with Gasteiger partial charge in [0, 0.05) is 10.0 Å². The second-order valence-corrected chi connectivity index (χ2v) is 8.38. The van der Waals surface area contributed by atoms with Crippen LogP contribution < -0.4 is 9.75 Å². The number of aliphatic carboxylic acids is 1. The summed E-state index contributed by atoms with van der Waals surface area (Å²) in [6, 6.07) is 19.6. The van der Waals surface area contributed by atoms with Crippen LogP contribution in [-0.2, 0) is 4.79 Å². The Morgan fingerprint density at radius 3 is 2.21 bits per heavy atom. The van der Waals surface area contributed by atoms with Crippen molar-refractivity contribution in [2.45, 2.75) is 13.8 Å². The second kappa shape index (κ2) is 11.1. The number of anilines is 1. The van der Waals surface area contributed by atoms with Crippen LogP contribution in [0, 0.1) is 6.92 Å². The van der Waals surface area contributed by atoms with E-state index >= 15 is 0 Å². The monoisotopic (exact) mass is 494 g/mol. The summed E-state index contributed by atoms with van der Waals surface area (Å²) in [7, 11) is 1.60. The molecular weight excluding hydrogens is 471 g/mol. The first-order chi connectivity index (χ1) is 16.2. The van der Waals surface area contributed by atoms with Gasteiger partial charge >= 0.3 is 5.97 Å². The standard InChI is InChI=1S/C27H24Cl2N2O3/c1-17-15-21(7-14-26(17)29)19(3)31(23-10-12-24(34-4)13-11-23)30-18(2)16-25(27(32)33)20-5-8-22(28)9-6-20/h5-16H,3H2,1-2,4H3,(H,32,33)/b25-16-,30-18+. The normalized spacial score (nSPS) is 11.8. The van der Waals surface area contributed by atoms with Crippen LogP contribution in [0.2, 0.25) is 10.0 Å². The Bertz CT molecular complexity index is 1260. The van der Waals surface area contributed by atoms with Gasteiger partial charge < -0.3 is 9.84 Å². The van der Waals surface area contributed by atoms with E-state index in [-0.39, 0.29) is 5.57 Å². The van der Waals surface area contributed by atoms with Gasteiger partial charge in [0.05, 0.1) is 29.8 Å². The highest BCUT2D eigenvalue weighted by atomic mass is 35.5. The molecule has 174 valence electrons. The number of carbonyl (C=O) groups is 1. The van der Waals surface area contributed by atoms with Crippen molar-refractivity contribution >= 4 is 51.8 Å². The molecule has 1 N–H and O–H groups in total. The summed E-state index contributed by atoms with van der Waals surface area (Å²) >= 11 is 12.1. The van der Waals surface area contributed by atoms with Crippen molar-refractivity contribution in [3.8, 4) is 5.75 Å². The maximum atomic E-state index is 12.0. The van der Waals surface area contributed by atoms with Crippen molar-refractivity contribution < 1.29 is 14.6 Å². The molecule has 0 saturated carbocycles. The Kier molecular flexibility index (Phi) is 8.16. The summed E-state index contributed by atoms with van der Waals surface area (Å²) < 4.78 is 5.26. The van der Waals surface area contributed by atoms with Gasteiger partial charge in [0.2, 0.25) is 0 Å². The van der Waals surface area contributed by atoms with Gasteiger partial charge in [-0.05, 0) is 85.1 Å². The predicted molar refractivity (Wildman–Crippen MR) is 141 cm³/mol. The first-order valence-electron chi connectivity index (χ1n) is 10.4. The number of carboxylic acid groups (broad SMARTS) is 1. The van der Waals surface area contributed by atoms with Gasteiger partial charge in [-0.1, -0.05) is 48.0 Å². The Hall–Kier alpha value is -3.54. The number of allylic oxidation sites excluding steroid dienone is 1. The molecule has 0 spiro atoms. The molecule has 7 heteroatoms. The largest absolute Gasteiger partial charge is 0.497 e. The Balaban J connectivity index is 2.07. The summed E-state index contributed by atoms with van der Waals surface area (Å²) in [6.45, 7) is 7.89. The zero-order valence-corrected chi connectivity index (χ0v) is 20.6. The van der Waals surface area contributed by atoms with Gasteiger partial charge in [0.1, 0.15) is 5.75 Å². The molecule has 0 heterocycles. The van der Waals surface area contributed by atoms with Crippen molar-refractivity contribution in [2.24, 2.45) is 5.10 Å². The van der Waals surface area contributed by atoms with Gasteiger partial charge in [0.25, 0.3) is 0 Å². The summed E-state index contributed by atoms with van der Waals surface area (Å²) in [5.41, 5.74) is 4.15. The van der Waals surface area contributed by atoms with Crippen LogP contribution in [0.3, 0.4) is 0 Å². The molecule has 0 aliphatic rings. The van der Waals surface area contributed by atoms with E-state index in [1.54, 1.807) is 43.3 Å². The summed E-state index contributed by atoms with van der Waals surface area (Å²) in [5, 5.41) is 17.3. The lowest BCUT2D eigenvalue weighted by atomic mass is 10.0. The third kappa shape index (κ3) is 6.07. The van der Waals surface area contributed by atoms with E-state index in [1.165, 1.54) is 6.08 Å². The number of halogens is 2. The van der Waals surface area contributed by atoms with Crippen LogP contribution in [0.4, 0.5) is 5.69 Å². The zero-order valence-electron chi connectivity index (χ0n) is 19.0. The first kappa shape index (κ1) is 25.1. The van der Waals surface area contributed by atoms with Crippen molar-refractivity contribution in [3.63, 3.8) is 0 Å². The van der Waals surface area contributed by atoms with Crippen molar-refractivity contribution in [3.05, 3.63) is 106 Å². The number of methoxy groups -OCH3 is 1. The molecule has 0 radical (unpaired) electrons. The SMILES string of the molecule is C=C(c1ccc(Cl)c(C)c1)N(/N=C(C)/C=C(\C(=O)O)c1ccc(Cl)cc1)c1ccc(OC)cc1. The Labute approximate surface area is 209 Å². The maximum absolute atomic E-state index is 12.0. The molecular formula is C27H24Cl2N2O3. The number of nitrogens with zero attached hydrogens (tertiary/aromatic N) is 2. The molecule has 0 fully saturated rings. The Morgan fingerprint density at radius 2 is 1.65 bits per heavy atom. The highest BCUT2D eigenvalue weighted by Gasteiger charge is 2.15. The summed E-state index contributed by atoms with van der Waals surface area (Å²) in [6.07, 6.45) is 1.52. The molecule has 3 aromatic carbocycles. The molecule has 3 rings (SSSR count). The predicted octanol–water partition coefficient (Wildman–Crippen LogP) is 7.33. The molecule has 0 aliphatic carbocycles. The number of rotatable bonds is 8. The van der Waals surface area contributed by atoms with Gasteiger partial charge in [-0.3, -0.25) is 0 Å². The fraction of sp³-hybridized carbons (Fsp3) is 0.111. The van der Waals surface area contributed by atoms with E-state index < -0.39 is 5.97 Å². The number of hydrazone groups is 1. The van der Waals surface area contributed by atoms with Crippen molar-refractivity contribution in [1.82, 2.24) is 0 Å². The first-order valence-corrected chi connectivity index (χ1v) is 11.1. The fourth-order valence-corrected chi connectivity index (χ4v) is 3.48. The van der Waals surface area contributed by atoms with Crippen LogP contribution in [-0.4, -0.2) is 23.9 Å². The van der Waals surface area contributed by atoms with E-state index in [0.29, 0.717) is 32.8 Å². The van der Waals surface area contributed by atoms with Gasteiger partial charge in [0.15, 0.2) is 0 Å². The van der Waals surface area contributed by atoms with Crippen LogP contribution in [0.1, 0.15) is 23.6 Å². The average molecular weight is 495 g/mol. The van der Waals surface area contributed by atoms with E-state index in [4.69, 9.17) is 33.0 Å². The van der Waals surface area contributed by atoms with E-state index in [2.05, 4.69) is 6.58 Å². The number of hydrogen-bond acceptors (Lipinski definition) is 4. The lowest BCUT2D eigenvalue weighted by Gasteiger charge is -2.23. The van der Waals surface area contributed by atoms with E-state index in [1.807, 2.05) is 49.4 Å². The fourth-order valence-electron chi connectivity index (χ4n) is 3.24. The maximum Gasteiger partial charge on any atom is 0.336 e. The molecule has 0 saturated heterocycles. The quantitative estimate of drug-likeness (QED) is 0.202. The number of benzene rings is 3. The summed E-state index contributed by atoms with van der Waals surface area (Å²) in [4.78, 5) is 12.0. The molecule has 0 unspecified atom stereocenters. The minimum absolute atomic E-state index is 0.0977. The second-order valence-electron chi connectivity index (χ2n) is 7.53. The number of ether oxygens (including phenoxy) is 1. The topological polar surface area (TPSA) is 62.1 Å². The lowest BCUT2D eigenvalue weighted by Crippen LogP contribution is -2.16. The van der Waals surface area contributed by atoms with Crippen LogP contribution in [0.25, 0.3) is 11.3 Å². The van der Waals surface area contributed by atoms with Crippen LogP contribution >= 0.6 is 23.2 Å². The minimum Gasteiger partial charge on any atom is -0.497 e. The number of hydrogen-bond donors (Lipinski definition) is 1. The van der Waals surface area contributed by atoms with E-state index in [0.717, 1.165) is 16.8 Å². The van der Waals surface area contributed by atoms with Crippen LogP contribution in [0.5, 0.6) is 5.75 Å². The van der Waals surface area contributed by atoms with Gasteiger partial charge in [-0.25, -0.2) is 9.80 Å². The molecule has 0 aromatic heterocycles.